The second-order valence-electron chi connectivity index (χ2n) is 6.39. The lowest BCUT2D eigenvalue weighted by Crippen LogP contribution is -2.36. The van der Waals surface area contributed by atoms with Crippen molar-refractivity contribution < 1.29 is 0 Å². The second-order valence-corrected chi connectivity index (χ2v) is 6.39. The predicted molar refractivity (Wildman–Crippen MR) is 76.4 cm³/mol. The molecule has 1 rings (SSSR count). The van der Waals surface area contributed by atoms with Crippen LogP contribution in [0.4, 0.5) is 0 Å². The summed E-state index contributed by atoms with van der Waals surface area (Å²) in [6.07, 6.45) is 7.31. The minimum absolute atomic E-state index is 0.612. The Hall–Kier alpha value is -0.0800. The van der Waals surface area contributed by atoms with Crippen molar-refractivity contribution in [2.75, 3.05) is 26.7 Å². The molecule has 0 spiro atoms. The van der Waals surface area contributed by atoms with Crippen LogP contribution in [0.1, 0.15) is 52.9 Å². The summed E-state index contributed by atoms with van der Waals surface area (Å²) < 4.78 is 0. The van der Waals surface area contributed by atoms with E-state index in [4.69, 9.17) is 0 Å². The van der Waals surface area contributed by atoms with Gasteiger partial charge in [0.1, 0.15) is 0 Å². The Morgan fingerprint density at radius 3 is 2.35 bits per heavy atom. The van der Waals surface area contributed by atoms with Gasteiger partial charge in [0.05, 0.1) is 0 Å². The number of nitrogens with one attached hydrogen (secondary N) is 1. The van der Waals surface area contributed by atoms with Crippen LogP contribution in [-0.2, 0) is 0 Å². The van der Waals surface area contributed by atoms with Crippen molar-refractivity contribution in [2.45, 2.75) is 58.9 Å². The average molecular weight is 240 g/mol. The molecule has 1 saturated carbocycles. The third-order valence-corrected chi connectivity index (χ3v) is 3.79. The Kier molecular flexibility index (Phi) is 7.14. The van der Waals surface area contributed by atoms with E-state index < -0.39 is 0 Å². The highest BCUT2D eigenvalue weighted by molar-refractivity contribution is 4.71. The summed E-state index contributed by atoms with van der Waals surface area (Å²) >= 11 is 0. The number of hydrogen-bond donors (Lipinski definition) is 1. The molecule has 1 atom stereocenters. The fourth-order valence-corrected chi connectivity index (χ4v) is 2.92. The Labute approximate surface area is 108 Å². The van der Waals surface area contributed by atoms with Gasteiger partial charge in [-0.15, -0.1) is 0 Å². The molecule has 2 nitrogen and oxygen atoms in total. The van der Waals surface area contributed by atoms with Gasteiger partial charge in [-0.1, -0.05) is 40.0 Å². The lowest BCUT2D eigenvalue weighted by molar-refractivity contribution is 0.210. The van der Waals surface area contributed by atoms with Crippen LogP contribution in [0.15, 0.2) is 0 Å². The van der Waals surface area contributed by atoms with Gasteiger partial charge in [-0.25, -0.2) is 0 Å². The first kappa shape index (κ1) is 15.0. The van der Waals surface area contributed by atoms with Gasteiger partial charge in [0.15, 0.2) is 0 Å². The van der Waals surface area contributed by atoms with E-state index in [1.54, 1.807) is 0 Å². The number of rotatable bonds is 7. The fourth-order valence-electron chi connectivity index (χ4n) is 2.92. The lowest BCUT2D eigenvalue weighted by Gasteiger charge is -2.29. The summed E-state index contributed by atoms with van der Waals surface area (Å²) in [6, 6.07) is 0.612. The maximum atomic E-state index is 3.53. The van der Waals surface area contributed by atoms with Crippen LogP contribution in [0.5, 0.6) is 0 Å². The van der Waals surface area contributed by atoms with E-state index in [9.17, 15) is 0 Å². The van der Waals surface area contributed by atoms with E-state index in [1.165, 1.54) is 45.2 Å². The molecule has 0 aromatic rings. The molecule has 2 heteroatoms. The third kappa shape index (κ3) is 7.05. The third-order valence-electron chi connectivity index (χ3n) is 3.79. The summed E-state index contributed by atoms with van der Waals surface area (Å²) in [5.74, 6) is 1.73. The van der Waals surface area contributed by atoms with Crippen LogP contribution in [0.3, 0.4) is 0 Å². The van der Waals surface area contributed by atoms with Crippen LogP contribution in [-0.4, -0.2) is 37.6 Å². The highest BCUT2D eigenvalue weighted by Gasteiger charge is 2.16. The highest BCUT2D eigenvalue weighted by atomic mass is 15.1. The predicted octanol–water partition coefficient (Wildman–Crippen LogP) is 3.13. The van der Waals surface area contributed by atoms with Crippen molar-refractivity contribution in [2.24, 2.45) is 11.8 Å². The molecule has 0 aromatic carbocycles. The molecule has 0 saturated heterocycles. The van der Waals surface area contributed by atoms with Gasteiger partial charge in [-0.2, -0.15) is 0 Å². The van der Waals surface area contributed by atoms with E-state index in [-0.39, 0.29) is 0 Å². The first-order chi connectivity index (χ1) is 8.08. The van der Waals surface area contributed by atoms with Gasteiger partial charge in [0, 0.05) is 19.1 Å². The van der Waals surface area contributed by atoms with Crippen LogP contribution in [0.25, 0.3) is 0 Å². The zero-order valence-corrected chi connectivity index (χ0v) is 12.3. The zero-order valence-electron chi connectivity index (χ0n) is 12.3. The van der Waals surface area contributed by atoms with Gasteiger partial charge in [-0.3, -0.25) is 0 Å². The van der Waals surface area contributed by atoms with Crippen molar-refractivity contribution >= 4 is 0 Å². The number of nitrogens with zero attached hydrogens (tertiary/aromatic N) is 1. The summed E-state index contributed by atoms with van der Waals surface area (Å²) in [7, 11) is 2.29. The SMILES string of the molecule is CC(CNC(C)C)CN(C)CC1CCCCC1. The first-order valence-electron chi connectivity index (χ1n) is 7.50. The van der Waals surface area contributed by atoms with Crippen LogP contribution in [0.2, 0.25) is 0 Å². The minimum atomic E-state index is 0.612. The molecule has 1 unspecified atom stereocenters. The number of hydrogen-bond acceptors (Lipinski definition) is 2. The Bertz CT molecular complexity index is 185. The fraction of sp³-hybridized carbons (Fsp3) is 1.00. The summed E-state index contributed by atoms with van der Waals surface area (Å²) in [5, 5.41) is 3.53. The lowest BCUT2D eigenvalue weighted by atomic mass is 9.89. The smallest absolute Gasteiger partial charge is 0.00162 e. The molecule has 1 aliphatic carbocycles. The van der Waals surface area contributed by atoms with Crippen molar-refractivity contribution in [3.05, 3.63) is 0 Å². The van der Waals surface area contributed by atoms with Gasteiger partial charge in [-0.05, 0) is 38.3 Å². The van der Waals surface area contributed by atoms with Gasteiger partial charge in [0.2, 0.25) is 0 Å². The topological polar surface area (TPSA) is 15.3 Å². The van der Waals surface area contributed by atoms with E-state index >= 15 is 0 Å². The molecule has 1 aliphatic rings. The molecular formula is C15H32N2. The molecule has 0 amide bonds. The molecule has 0 heterocycles. The molecule has 0 aromatic heterocycles. The van der Waals surface area contributed by atoms with Gasteiger partial charge >= 0.3 is 0 Å². The Morgan fingerprint density at radius 1 is 1.12 bits per heavy atom. The summed E-state index contributed by atoms with van der Waals surface area (Å²) in [6.45, 7) is 10.5. The quantitative estimate of drug-likeness (QED) is 0.735. The van der Waals surface area contributed by atoms with E-state index in [2.05, 4.69) is 38.0 Å². The Balaban J connectivity index is 2.12. The highest BCUT2D eigenvalue weighted by Crippen LogP contribution is 2.24. The molecule has 0 aliphatic heterocycles. The maximum Gasteiger partial charge on any atom is 0.00162 e. The molecule has 0 radical (unpaired) electrons. The van der Waals surface area contributed by atoms with Crippen LogP contribution in [0, 0.1) is 11.8 Å². The van der Waals surface area contributed by atoms with Crippen molar-refractivity contribution in [3.8, 4) is 0 Å². The summed E-state index contributed by atoms with van der Waals surface area (Å²) in [4.78, 5) is 2.54. The van der Waals surface area contributed by atoms with E-state index in [1.807, 2.05) is 0 Å². The zero-order chi connectivity index (χ0) is 12.7. The summed E-state index contributed by atoms with van der Waals surface area (Å²) in [5.41, 5.74) is 0. The second kappa shape index (κ2) is 8.10. The Morgan fingerprint density at radius 2 is 1.76 bits per heavy atom. The molecule has 1 fully saturated rings. The standard InChI is InChI=1S/C15H32N2/c1-13(2)16-10-14(3)11-17(4)12-15-8-6-5-7-9-15/h13-16H,5-12H2,1-4H3. The molecule has 17 heavy (non-hydrogen) atoms. The monoisotopic (exact) mass is 240 g/mol. The van der Waals surface area contributed by atoms with Gasteiger partial charge < -0.3 is 10.2 Å². The average Bonchev–Trinajstić information content (AvgIpc) is 2.27. The van der Waals surface area contributed by atoms with E-state index in [0.717, 1.165) is 18.4 Å². The molecular weight excluding hydrogens is 208 g/mol. The van der Waals surface area contributed by atoms with Crippen molar-refractivity contribution in [1.82, 2.24) is 10.2 Å². The molecule has 102 valence electrons. The normalized spacial score (nSPS) is 20.1. The van der Waals surface area contributed by atoms with E-state index in [0.29, 0.717) is 6.04 Å². The van der Waals surface area contributed by atoms with Crippen LogP contribution >= 0.6 is 0 Å². The maximum absolute atomic E-state index is 3.53. The molecule has 0 bridgehead atoms. The molecule has 1 N–H and O–H groups in total. The minimum Gasteiger partial charge on any atom is -0.314 e. The van der Waals surface area contributed by atoms with Crippen molar-refractivity contribution in [3.63, 3.8) is 0 Å². The van der Waals surface area contributed by atoms with Crippen molar-refractivity contribution in [1.29, 1.82) is 0 Å². The van der Waals surface area contributed by atoms with Crippen LogP contribution < -0.4 is 5.32 Å². The van der Waals surface area contributed by atoms with Gasteiger partial charge in [0.25, 0.3) is 0 Å². The first-order valence-corrected chi connectivity index (χ1v) is 7.50. The largest absolute Gasteiger partial charge is 0.314 e.